The lowest BCUT2D eigenvalue weighted by molar-refractivity contribution is 0.0108. The van der Waals surface area contributed by atoms with E-state index in [2.05, 4.69) is 11.9 Å². The minimum absolute atomic E-state index is 0.0119. The van der Waals surface area contributed by atoms with Crippen molar-refractivity contribution in [2.45, 2.75) is 25.9 Å². The molecular weight excluding hydrogens is 242 g/mol. The second kappa shape index (κ2) is 6.57. The summed E-state index contributed by atoms with van der Waals surface area (Å²) in [6.45, 7) is 4.46. The van der Waals surface area contributed by atoms with Crippen LogP contribution in [0.15, 0.2) is 24.3 Å². The minimum atomic E-state index is -0.247. The Morgan fingerprint density at radius 2 is 2.11 bits per heavy atom. The first-order chi connectivity index (χ1) is 9.19. The van der Waals surface area contributed by atoms with E-state index in [1.165, 1.54) is 0 Å². The Morgan fingerprint density at radius 3 is 2.74 bits per heavy atom. The van der Waals surface area contributed by atoms with E-state index in [9.17, 15) is 4.79 Å². The van der Waals surface area contributed by atoms with Crippen molar-refractivity contribution in [1.82, 2.24) is 4.90 Å². The SMILES string of the molecule is CCOc1ccc(C(=O)O[C@@H]2CCCN(C)C2)cc1. The molecule has 19 heavy (non-hydrogen) atoms. The zero-order valence-corrected chi connectivity index (χ0v) is 11.6. The van der Waals surface area contributed by atoms with Crippen LogP contribution in [0.5, 0.6) is 5.75 Å². The number of carbonyl (C=O) groups is 1. The normalized spacial score (nSPS) is 20.0. The van der Waals surface area contributed by atoms with Gasteiger partial charge in [-0.05, 0) is 57.6 Å². The van der Waals surface area contributed by atoms with Gasteiger partial charge in [0, 0.05) is 6.54 Å². The largest absolute Gasteiger partial charge is 0.494 e. The Morgan fingerprint density at radius 1 is 1.37 bits per heavy atom. The first-order valence-electron chi connectivity index (χ1n) is 6.81. The zero-order chi connectivity index (χ0) is 13.7. The molecule has 104 valence electrons. The quantitative estimate of drug-likeness (QED) is 0.782. The minimum Gasteiger partial charge on any atom is -0.494 e. The second-order valence-corrected chi connectivity index (χ2v) is 4.89. The topological polar surface area (TPSA) is 38.8 Å². The number of rotatable bonds is 4. The van der Waals surface area contributed by atoms with Gasteiger partial charge in [-0.25, -0.2) is 4.79 Å². The average Bonchev–Trinajstić information content (AvgIpc) is 2.40. The smallest absolute Gasteiger partial charge is 0.338 e. The molecule has 0 amide bonds. The van der Waals surface area contributed by atoms with Crippen LogP contribution < -0.4 is 4.74 Å². The lowest BCUT2D eigenvalue weighted by atomic mass is 10.1. The first kappa shape index (κ1) is 13.9. The molecule has 1 aromatic rings. The molecule has 1 aliphatic rings. The lowest BCUT2D eigenvalue weighted by Crippen LogP contribution is -2.38. The third-order valence-corrected chi connectivity index (χ3v) is 3.26. The summed E-state index contributed by atoms with van der Waals surface area (Å²) in [5.41, 5.74) is 0.580. The molecule has 0 radical (unpaired) electrons. The van der Waals surface area contributed by atoms with E-state index in [4.69, 9.17) is 9.47 Å². The number of nitrogens with zero attached hydrogens (tertiary/aromatic N) is 1. The van der Waals surface area contributed by atoms with Gasteiger partial charge in [0.2, 0.25) is 0 Å². The Balaban J connectivity index is 1.91. The van der Waals surface area contributed by atoms with Gasteiger partial charge < -0.3 is 14.4 Å². The molecule has 1 aromatic carbocycles. The highest BCUT2D eigenvalue weighted by Crippen LogP contribution is 2.16. The summed E-state index contributed by atoms with van der Waals surface area (Å²) in [5, 5.41) is 0. The summed E-state index contributed by atoms with van der Waals surface area (Å²) < 4.78 is 10.9. The van der Waals surface area contributed by atoms with Gasteiger partial charge in [-0.3, -0.25) is 0 Å². The van der Waals surface area contributed by atoms with Crippen molar-refractivity contribution in [2.75, 3.05) is 26.7 Å². The number of hydrogen-bond donors (Lipinski definition) is 0. The number of hydrogen-bond acceptors (Lipinski definition) is 4. The molecule has 1 fully saturated rings. The van der Waals surface area contributed by atoms with E-state index in [1.54, 1.807) is 24.3 Å². The number of piperidine rings is 1. The fourth-order valence-electron chi connectivity index (χ4n) is 2.29. The van der Waals surface area contributed by atoms with E-state index in [0.29, 0.717) is 12.2 Å². The lowest BCUT2D eigenvalue weighted by Gasteiger charge is -2.29. The Bertz CT molecular complexity index is 416. The van der Waals surface area contributed by atoms with Crippen LogP contribution in [0.25, 0.3) is 0 Å². The monoisotopic (exact) mass is 263 g/mol. The maximum Gasteiger partial charge on any atom is 0.338 e. The van der Waals surface area contributed by atoms with Crippen molar-refractivity contribution in [3.8, 4) is 5.75 Å². The van der Waals surface area contributed by atoms with Crippen LogP contribution in [0.2, 0.25) is 0 Å². The highest BCUT2D eigenvalue weighted by atomic mass is 16.5. The van der Waals surface area contributed by atoms with Crippen LogP contribution in [-0.4, -0.2) is 43.7 Å². The van der Waals surface area contributed by atoms with Crippen LogP contribution in [0, 0.1) is 0 Å². The standard InChI is InChI=1S/C15H21NO3/c1-3-18-13-8-6-12(7-9-13)15(17)19-14-5-4-10-16(2)11-14/h6-9,14H,3-5,10-11H2,1-2H3/t14-/m1/s1. The zero-order valence-electron chi connectivity index (χ0n) is 11.6. The molecule has 4 heteroatoms. The Labute approximate surface area is 114 Å². The van der Waals surface area contributed by atoms with Crippen molar-refractivity contribution < 1.29 is 14.3 Å². The molecule has 1 heterocycles. The van der Waals surface area contributed by atoms with Crippen molar-refractivity contribution in [1.29, 1.82) is 0 Å². The van der Waals surface area contributed by atoms with Crippen molar-refractivity contribution in [3.63, 3.8) is 0 Å². The number of likely N-dealkylation sites (tertiary alicyclic amines) is 1. The summed E-state index contributed by atoms with van der Waals surface area (Å²) >= 11 is 0. The predicted molar refractivity (Wildman–Crippen MR) is 73.5 cm³/mol. The van der Waals surface area contributed by atoms with Crippen LogP contribution in [0.1, 0.15) is 30.1 Å². The number of esters is 1. The van der Waals surface area contributed by atoms with E-state index in [0.717, 1.165) is 31.7 Å². The van der Waals surface area contributed by atoms with Gasteiger partial charge >= 0.3 is 5.97 Å². The highest BCUT2D eigenvalue weighted by Gasteiger charge is 2.21. The summed E-state index contributed by atoms with van der Waals surface area (Å²) in [6, 6.07) is 7.10. The maximum absolute atomic E-state index is 12.0. The van der Waals surface area contributed by atoms with Crippen molar-refractivity contribution in [2.24, 2.45) is 0 Å². The predicted octanol–water partition coefficient (Wildman–Crippen LogP) is 2.34. The van der Waals surface area contributed by atoms with Gasteiger partial charge in [-0.2, -0.15) is 0 Å². The molecule has 1 aliphatic heterocycles. The number of likely N-dealkylation sites (N-methyl/N-ethyl adjacent to an activating group) is 1. The molecule has 1 atom stereocenters. The van der Waals surface area contributed by atoms with Crippen LogP contribution in [-0.2, 0) is 4.74 Å². The summed E-state index contributed by atoms with van der Waals surface area (Å²) in [4.78, 5) is 14.2. The van der Waals surface area contributed by atoms with Gasteiger partial charge in [0.25, 0.3) is 0 Å². The molecule has 2 rings (SSSR count). The maximum atomic E-state index is 12.0. The highest BCUT2D eigenvalue weighted by molar-refractivity contribution is 5.89. The van der Waals surface area contributed by atoms with Crippen LogP contribution >= 0.6 is 0 Å². The van der Waals surface area contributed by atoms with Gasteiger partial charge in [0.1, 0.15) is 11.9 Å². The number of carbonyl (C=O) groups excluding carboxylic acids is 1. The van der Waals surface area contributed by atoms with Crippen molar-refractivity contribution >= 4 is 5.97 Å². The van der Waals surface area contributed by atoms with Gasteiger partial charge in [-0.15, -0.1) is 0 Å². The summed E-state index contributed by atoms with van der Waals surface area (Å²) in [5.74, 6) is 0.528. The third kappa shape index (κ3) is 3.96. The molecule has 0 unspecified atom stereocenters. The third-order valence-electron chi connectivity index (χ3n) is 3.26. The number of ether oxygens (including phenoxy) is 2. The fourth-order valence-corrected chi connectivity index (χ4v) is 2.29. The van der Waals surface area contributed by atoms with Gasteiger partial charge in [-0.1, -0.05) is 0 Å². The van der Waals surface area contributed by atoms with E-state index in [-0.39, 0.29) is 12.1 Å². The molecule has 0 saturated carbocycles. The van der Waals surface area contributed by atoms with E-state index in [1.807, 2.05) is 6.92 Å². The molecule has 0 aromatic heterocycles. The van der Waals surface area contributed by atoms with E-state index >= 15 is 0 Å². The molecule has 0 spiro atoms. The van der Waals surface area contributed by atoms with Crippen LogP contribution in [0.4, 0.5) is 0 Å². The van der Waals surface area contributed by atoms with E-state index < -0.39 is 0 Å². The first-order valence-corrected chi connectivity index (χ1v) is 6.81. The summed E-state index contributed by atoms with van der Waals surface area (Å²) in [6.07, 6.45) is 2.04. The Kier molecular flexibility index (Phi) is 4.80. The van der Waals surface area contributed by atoms with Gasteiger partial charge in [0.05, 0.1) is 12.2 Å². The van der Waals surface area contributed by atoms with Crippen LogP contribution in [0.3, 0.4) is 0 Å². The molecule has 0 bridgehead atoms. The second-order valence-electron chi connectivity index (χ2n) is 4.89. The fraction of sp³-hybridized carbons (Fsp3) is 0.533. The Hall–Kier alpha value is -1.55. The van der Waals surface area contributed by atoms with Gasteiger partial charge in [0.15, 0.2) is 0 Å². The molecule has 0 N–H and O–H groups in total. The molecule has 0 aliphatic carbocycles. The average molecular weight is 263 g/mol. The summed E-state index contributed by atoms with van der Waals surface area (Å²) in [7, 11) is 2.05. The van der Waals surface area contributed by atoms with Crippen molar-refractivity contribution in [3.05, 3.63) is 29.8 Å². The number of benzene rings is 1. The molecule has 1 saturated heterocycles. The molecular formula is C15H21NO3. The molecule has 4 nitrogen and oxygen atoms in total.